The highest BCUT2D eigenvalue weighted by Gasteiger charge is 2.56. The first-order valence-electron chi connectivity index (χ1n) is 25.2. The molecule has 0 unspecified atom stereocenters. The lowest BCUT2D eigenvalue weighted by Gasteiger charge is -2.49. The summed E-state index contributed by atoms with van der Waals surface area (Å²) < 4.78 is 74.8. The standard InChI is InChI=1S/C62H64O12/c1-64-60(63)57-55(68-40-48-29-15-5-16-30-48)56(69-41-49-31-17-6-18-32-49)58(70-42-50-33-19-7-20-34-50)62(73-57)74-59-54(67-39-47-27-13-4-14-28-47)53(66-38-46-25-11-3-12-26-46)52(44-65-37-45-23-9-2-10-24-45)72-61(59)71-43-51-35-21-8-22-36-51/h2-36,52-59,61-62H,37-44H2,1H3/t52-,53-,54+,55+,56+,57+,58-,59-,61-,62+/m1/s1. The van der Waals surface area contributed by atoms with Crippen LogP contribution in [0.2, 0.25) is 0 Å². The lowest BCUT2D eigenvalue weighted by Crippen LogP contribution is -2.67. The Kier molecular flexibility index (Phi) is 19.7. The van der Waals surface area contributed by atoms with Gasteiger partial charge in [-0.05, 0) is 38.9 Å². The molecule has 384 valence electrons. The fraction of sp³-hybridized carbons (Fsp3) is 0.306. The van der Waals surface area contributed by atoms with Gasteiger partial charge in [-0.3, -0.25) is 0 Å². The van der Waals surface area contributed by atoms with E-state index >= 15 is 0 Å². The lowest BCUT2D eigenvalue weighted by molar-refractivity contribution is -0.380. The number of benzene rings is 7. The molecule has 10 atom stereocenters. The van der Waals surface area contributed by atoms with E-state index in [0.717, 1.165) is 38.9 Å². The highest BCUT2D eigenvalue weighted by molar-refractivity contribution is 5.75. The summed E-state index contributed by atoms with van der Waals surface area (Å²) in [6, 6.07) is 68.9. The minimum Gasteiger partial charge on any atom is -0.467 e. The lowest BCUT2D eigenvalue weighted by atomic mass is 9.95. The molecule has 74 heavy (non-hydrogen) atoms. The maximum absolute atomic E-state index is 14.2. The molecule has 0 aromatic heterocycles. The van der Waals surface area contributed by atoms with Crippen molar-refractivity contribution in [2.24, 2.45) is 0 Å². The predicted octanol–water partition coefficient (Wildman–Crippen LogP) is 10.4. The molecule has 2 aliphatic heterocycles. The Hall–Kier alpha value is -6.39. The smallest absolute Gasteiger partial charge is 0.337 e. The Labute approximate surface area is 433 Å². The minimum atomic E-state index is -1.34. The number of methoxy groups -OCH3 is 1. The summed E-state index contributed by atoms with van der Waals surface area (Å²) in [7, 11) is 1.32. The van der Waals surface area contributed by atoms with Crippen molar-refractivity contribution in [2.45, 2.75) is 108 Å². The van der Waals surface area contributed by atoms with Gasteiger partial charge in [-0.25, -0.2) is 4.79 Å². The normalized spacial score (nSPS) is 23.7. The van der Waals surface area contributed by atoms with Crippen molar-refractivity contribution in [1.29, 1.82) is 0 Å². The zero-order valence-electron chi connectivity index (χ0n) is 41.5. The third-order valence-electron chi connectivity index (χ3n) is 12.9. The zero-order chi connectivity index (χ0) is 50.6. The van der Waals surface area contributed by atoms with Crippen LogP contribution in [0.3, 0.4) is 0 Å². The van der Waals surface area contributed by atoms with Gasteiger partial charge < -0.3 is 52.1 Å². The van der Waals surface area contributed by atoms with Crippen LogP contribution >= 0.6 is 0 Å². The van der Waals surface area contributed by atoms with Crippen molar-refractivity contribution >= 4 is 5.97 Å². The Bertz CT molecular complexity index is 2650. The number of esters is 1. The Morgan fingerprint density at radius 3 is 1.07 bits per heavy atom. The molecule has 0 amide bonds. The van der Waals surface area contributed by atoms with Gasteiger partial charge in [-0.2, -0.15) is 0 Å². The van der Waals surface area contributed by atoms with Crippen LogP contribution in [0.5, 0.6) is 0 Å². The summed E-state index contributed by atoms with van der Waals surface area (Å²) in [5.74, 6) is -0.681. The second-order valence-corrected chi connectivity index (χ2v) is 18.2. The molecule has 0 bridgehead atoms. The van der Waals surface area contributed by atoms with E-state index in [1.165, 1.54) is 7.11 Å². The first-order valence-corrected chi connectivity index (χ1v) is 25.2. The van der Waals surface area contributed by atoms with Crippen LogP contribution in [0, 0.1) is 0 Å². The summed E-state index contributed by atoms with van der Waals surface area (Å²) in [5.41, 5.74) is 6.47. The SMILES string of the molecule is COC(=O)[C@H]1O[C@@H](O[C@H]2[C@H](OCc3ccccc3)O[C@H](COCc3ccccc3)[C@@H](OCc3ccccc3)[C@@H]2OCc2ccccc2)[C@H](OCc2ccccc2)[C@@H](OCc2ccccc2)[C@@H]1OCc1ccccc1. The topological polar surface area (TPSA) is 119 Å². The van der Waals surface area contributed by atoms with E-state index in [1.807, 2.05) is 212 Å². The number of hydrogen-bond donors (Lipinski definition) is 0. The van der Waals surface area contributed by atoms with Crippen molar-refractivity contribution in [3.63, 3.8) is 0 Å². The van der Waals surface area contributed by atoms with Crippen LogP contribution in [0.4, 0.5) is 0 Å². The Balaban J connectivity index is 1.12. The van der Waals surface area contributed by atoms with E-state index in [1.54, 1.807) is 0 Å². The van der Waals surface area contributed by atoms with E-state index < -0.39 is 67.4 Å². The predicted molar refractivity (Wildman–Crippen MR) is 277 cm³/mol. The van der Waals surface area contributed by atoms with E-state index in [-0.39, 0.29) is 46.2 Å². The molecule has 0 spiro atoms. The van der Waals surface area contributed by atoms with E-state index in [9.17, 15) is 4.79 Å². The van der Waals surface area contributed by atoms with Gasteiger partial charge in [0, 0.05) is 0 Å². The summed E-state index contributed by atoms with van der Waals surface area (Å²) in [4.78, 5) is 14.2. The summed E-state index contributed by atoms with van der Waals surface area (Å²) in [5, 5.41) is 0. The molecular weight excluding hydrogens is 937 g/mol. The second kappa shape index (κ2) is 27.8. The first-order chi connectivity index (χ1) is 36.6. The molecule has 0 radical (unpaired) electrons. The summed E-state index contributed by atoms with van der Waals surface area (Å²) >= 11 is 0. The molecule has 0 aliphatic carbocycles. The minimum absolute atomic E-state index is 0.125. The summed E-state index contributed by atoms with van der Waals surface area (Å²) in [6.07, 6.45) is -10.3. The first kappa shape index (κ1) is 52.5. The van der Waals surface area contributed by atoms with Crippen LogP contribution in [0.25, 0.3) is 0 Å². The molecule has 2 aliphatic rings. The van der Waals surface area contributed by atoms with Gasteiger partial charge in [-0.1, -0.05) is 212 Å². The Morgan fingerprint density at radius 2 is 0.676 bits per heavy atom. The number of carbonyl (C=O) groups is 1. The molecule has 12 nitrogen and oxygen atoms in total. The third kappa shape index (κ3) is 14.9. The van der Waals surface area contributed by atoms with Gasteiger partial charge in [-0.15, -0.1) is 0 Å². The highest BCUT2D eigenvalue weighted by Crippen LogP contribution is 2.37. The van der Waals surface area contributed by atoms with Crippen molar-refractivity contribution in [3.8, 4) is 0 Å². The zero-order valence-corrected chi connectivity index (χ0v) is 41.5. The van der Waals surface area contributed by atoms with Crippen LogP contribution in [-0.4, -0.2) is 81.1 Å². The number of rotatable bonds is 25. The van der Waals surface area contributed by atoms with Crippen LogP contribution in [0.1, 0.15) is 38.9 Å². The van der Waals surface area contributed by atoms with Gasteiger partial charge in [0.1, 0.15) is 42.7 Å². The van der Waals surface area contributed by atoms with Gasteiger partial charge in [0.2, 0.25) is 0 Å². The van der Waals surface area contributed by atoms with Gasteiger partial charge >= 0.3 is 5.97 Å². The highest BCUT2D eigenvalue weighted by atomic mass is 16.8. The average Bonchev–Trinajstić information content (AvgIpc) is 3.47. The average molecular weight is 1000 g/mol. The van der Waals surface area contributed by atoms with Crippen molar-refractivity contribution < 1.29 is 56.9 Å². The second-order valence-electron chi connectivity index (χ2n) is 18.2. The van der Waals surface area contributed by atoms with Gasteiger partial charge in [0.05, 0.1) is 60.0 Å². The van der Waals surface area contributed by atoms with E-state index in [4.69, 9.17) is 52.1 Å². The van der Waals surface area contributed by atoms with E-state index in [0.29, 0.717) is 6.61 Å². The number of ether oxygens (including phenoxy) is 11. The molecule has 7 aromatic rings. The maximum atomic E-state index is 14.2. The van der Waals surface area contributed by atoms with Gasteiger partial charge in [0.25, 0.3) is 0 Å². The fourth-order valence-electron chi connectivity index (χ4n) is 9.06. The molecule has 7 aromatic carbocycles. The van der Waals surface area contributed by atoms with Gasteiger partial charge in [0.15, 0.2) is 18.7 Å². The molecule has 12 heteroatoms. The molecular formula is C62H64O12. The van der Waals surface area contributed by atoms with E-state index in [2.05, 4.69) is 0 Å². The number of hydrogen-bond acceptors (Lipinski definition) is 12. The molecule has 2 heterocycles. The number of carbonyl (C=O) groups excluding carboxylic acids is 1. The quantitative estimate of drug-likeness (QED) is 0.0507. The van der Waals surface area contributed by atoms with Crippen LogP contribution < -0.4 is 0 Å². The largest absolute Gasteiger partial charge is 0.467 e. The molecule has 0 saturated carbocycles. The monoisotopic (exact) mass is 1000 g/mol. The molecule has 0 N–H and O–H groups in total. The summed E-state index contributed by atoms with van der Waals surface area (Å²) in [6.45, 7) is 1.46. The van der Waals surface area contributed by atoms with Crippen LogP contribution in [0.15, 0.2) is 212 Å². The Morgan fingerprint density at radius 1 is 0.351 bits per heavy atom. The molecule has 2 saturated heterocycles. The molecule has 9 rings (SSSR count). The van der Waals surface area contributed by atoms with Crippen molar-refractivity contribution in [3.05, 3.63) is 251 Å². The van der Waals surface area contributed by atoms with Crippen LogP contribution in [-0.2, 0) is 103 Å². The van der Waals surface area contributed by atoms with Crippen molar-refractivity contribution in [1.82, 2.24) is 0 Å². The fourth-order valence-corrected chi connectivity index (χ4v) is 9.06. The third-order valence-corrected chi connectivity index (χ3v) is 12.9. The molecule has 2 fully saturated rings. The van der Waals surface area contributed by atoms with Crippen molar-refractivity contribution in [2.75, 3.05) is 13.7 Å². The maximum Gasteiger partial charge on any atom is 0.337 e.